The maximum Gasteiger partial charge on any atom is 0.263 e. The molecule has 0 amide bonds. The molecular formula is C28H22N2O4S. The summed E-state index contributed by atoms with van der Waals surface area (Å²) in [4.78, 5) is 31.4. The van der Waals surface area contributed by atoms with Gasteiger partial charge >= 0.3 is 0 Å². The molecule has 0 bridgehead atoms. The van der Waals surface area contributed by atoms with Crippen molar-refractivity contribution in [3.63, 3.8) is 0 Å². The minimum atomic E-state index is -0.243. The summed E-state index contributed by atoms with van der Waals surface area (Å²) >= 11 is 1.42. The minimum Gasteiger partial charge on any atom is -0.493 e. The Bertz CT molecular complexity index is 1570. The summed E-state index contributed by atoms with van der Waals surface area (Å²) in [6.45, 7) is -0.126. The minimum absolute atomic E-state index is 0.126. The van der Waals surface area contributed by atoms with Crippen molar-refractivity contribution in [1.29, 1.82) is 0 Å². The maximum absolute atomic E-state index is 13.4. The normalized spacial score (nSPS) is 10.9. The first kappa shape index (κ1) is 22.6. The first-order valence-corrected chi connectivity index (χ1v) is 11.8. The Morgan fingerprint density at radius 3 is 2.29 bits per heavy atom. The molecule has 0 aliphatic carbocycles. The summed E-state index contributed by atoms with van der Waals surface area (Å²) in [6.07, 6.45) is 1.43. The summed E-state index contributed by atoms with van der Waals surface area (Å²) in [5.74, 6) is 0.766. The van der Waals surface area contributed by atoms with Gasteiger partial charge in [-0.2, -0.15) is 0 Å². The second kappa shape index (κ2) is 9.56. The summed E-state index contributed by atoms with van der Waals surface area (Å²) in [6, 6.07) is 23.2. The smallest absolute Gasteiger partial charge is 0.263 e. The van der Waals surface area contributed by atoms with E-state index in [4.69, 9.17) is 9.47 Å². The zero-order valence-corrected chi connectivity index (χ0v) is 20.0. The van der Waals surface area contributed by atoms with Gasteiger partial charge in [-0.1, -0.05) is 54.6 Å². The average molecular weight is 483 g/mol. The molecule has 0 fully saturated rings. The van der Waals surface area contributed by atoms with E-state index in [-0.39, 0.29) is 17.9 Å². The molecule has 0 saturated heterocycles. The van der Waals surface area contributed by atoms with Gasteiger partial charge in [0, 0.05) is 16.5 Å². The van der Waals surface area contributed by atoms with Crippen molar-refractivity contribution in [2.45, 2.75) is 6.54 Å². The van der Waals surface area contributed by atoms with E-state index in [1.165, 1.54) is 36.5 Å². The molecule has 0 unspecified atom stereocenters. The molecule has 6 nitrogen and oxygen atoms in total. The SMILES string of the molecule is COc1ccc(C(=O)Cn2cnc3scc(-c4ccc(-c5ccccc5)cc4)c3c2=O)cc1OC. The van der Waals surface area contributed by atoms with Crippen molar-refractivity contribution in [3.8, 4) is 33.8 Å². The van der Waals surface area contributed by atoms with Crippen LogP contribution in [0.15, 0.2) is 89.3 Å². The van der Waals surface area contributed by atoms with Gasteiger partial charge in [-0.15, -0.1) is 11.3 Å². The average Bonchev–Trinajstić information content (AvgIpc) is 3.35. The van der Waals surface area contributed by atoms with Crippen molar-refractivity contribution >= 4 is 27.3 Å². The zero-order valence-electron chi connectivity index (χ0n) is 19.2. The topological polar surface area (TPSA) is 70.4 Å². The molecule has 5 rings (SSSR count). The number of methoxy groups -OCH3 is 2. The van der Waals surface area contributed by atoms with Gasteiger partial charge in [0.15, 0.2) is 17.3 Å². The standard InChI is InChI=1S/C28H22N2O4S/c1-33-24-13-12-21(14-25(24)34-2)23(31)15-30-17-29-27-26(28(30)32)22(16-35-27)20-10-8-19(9-11-20)18-6-4-3-5-7-18/h3-14,16-17H,15H2,1-2H3. The number of aromatic nitrogens is 2. The molecule has 0 N–H and O–H groups in total. The van der Waals surface area contributed by atoms with Gasteiger partial charge in [-0.3, -0.25) is 14.2 Å². The van der Waals surface area contributed by atoms with Gasteiger partial charge in [-0.25, -0.2) is 4.98 Å². The second-order valence-electron chi connectivity index (χ2n) is 7.94. The molecule has 35 heavy (non-hydrogen) atoms. The zero-order chi connectivity index (χ0) is 24.4. The number of thiophene rings is 1. The van der Waals surface area contributed by atoms with Gasteiger partial charge in [0.05, 0.1) is 32.5 Å². The Balaban J connectivity index is 1.47. The number of Topliss-reactive ketones (excluding diaryl/α,β-unsaturated/α-hetero) is 1. The molecule has 3 aromatic carbocycles. The lowest BCUT2D eigenvalue weighted by Crippen LogP contribution is -2.24. The fraction of sp³-hybridized carbons (Fsp3) is 0.107. The lowest BCUT2D eigenvalue weighted by atomic mass is 10.0. The molecule has 174 valence electrons. The lowest BCUT2D eigenvalue weighted by molar-refractivity contribution is 0.0970. The number of carbonyl (C=O) groups is 1. The Hall–Kier alpha value is -4.23. The van der Waals surface area contributed by atoms with E-state index in [2.05, 4.69) is 17.1 Å². The third-order valence-corrected chi connectivity index (χ3v) is 6.77. The molecule has 7 heteroatoms. The Morgan fingerprint density at radius 2 is 1.57 bits per heavy atom. The number of fused-ring (bicyclic) bond motifs is 1. The highest BCUT2D eigenvalue weighted by Crippen LogP contribution is 2.32. The largest absolute Gasteiger partial charge is 0.493 e. The third-order valence-electron chi connectivity index (χ3n) is 5.88. The van der Waals surface area contributed by atoms with Crippen molar-refractivity contribution in [1.82, 2.24) is 9.55 Å². The highest BCUT2D eigenvalue weighted by Gasteiger charge is 2.17. The predicted octanol–water partition coefficient (Wildman–Crippen LogP) is 5.69. The van der Waals surface area contributed by atoms with E-state index < -0.39 is 0 Å². The Morgan fingerprint density at radius 1 is 0.886 bits per heavy atom. The van der Waals surface area contributed by atoms with Crippen LogP contribution in [0.2, 0.25) is 0 Å². The van der Waals surface area contributed by atoms with Crippen LogP contribution in [0.5, 0.6) is 11.5 Å². The number of hydrogen-bond donors (Lipinski definition) is 0. The highest BCUT2D eigenvalue weighted by molar-refractivity contribution is 7.17. The number of nitrogens with zero attached hydrogens (tertiary/aromatic N) is 2. The van der Waals surface area contributed by atoms with E-state index in [0.29, 0.717) is 27.3 Å². The number of ether oxygens (including phenoxy) is 2. The van der Waals surface area contributed by atoms with Crippen LogP contribution in [0.4, 0.5) is 0 Å². The van der Waals surface area contributed by atoms with Gasteiger partial charge in [0.1, 0.15) is 4.83 Å². The second-order valence-corrected chi connectivity index (χ2v) is 8.80. The summed E-state index contributed by atoms with van der Waals surface area (Å²) in [5.41, 5.74) is 4.16. The van der Waals surface area contributed by atoms with Crippen LogP contribution in [0.1, 0.15) is 10.4 Å². The van der Waals surface area contributed by atoms with E-state index >= 15 is 0 Å². The fourth-order valence-electron chi connectivity index (χ4n) is 4.02. The summed E-state index contributed by atoms with van der Waals surface area (Å²) < 4.78 is 11.9. The molecule has 0 saturated carbocycles. The van der Waals surface area contributed by atoms with Crippen molar-refractivity contribution in [2.24, 2.45) is 0 Å². The highest BCUT2D eigenvalue weighted by atomic mass is 32.1. The molecule has 0 aliphatic rings. The quantitative estimate of drug-likeness (QED) is 0.279. The maximum atomic E-state index is 13.4. The van der Waals surface area contributed by atoms with E-state index in [0.717, 1.165) is 22.3 Å². The number of rotatable bonds is 7. The van der Waals surface area contributed by atoms with E-state index in [1.807, 2.05) is 47.8 Å². The number of ketones is 1. The van der Waals surface area contributed by atoms with Gasteiger partial charge in [-0.05, 0) is 34.9 Å². The first-order valence-electron chi connectivity index (χ1n) is 11.0. The fourth-order valence-corrected chi connectivity index (χ4v) is 4.93. The Kier molecular flexibility index (Phi) is 6.16. The van der Waals surface area contributed by atoms with Crippen LogP contribution in [0.3, 0.4) is 0 Å². The van der Waals surface area contributed by atoms with Crippen LogP contribution < -0.4 is 15.0 Å². The van der Waals surface area contributed by atoms with Crippen LogP contribution >= 0.6 is 11.3 Å². The van der Waals surface area contributed by atoms with Crippen LogP contribution in [-0.2, 0) is 6.54 Å². The predicted molar refractivity (Wildman–Crippen MR) is 139 cm³/mol. The van der Waals surface area contributed by atoms with Crippen molar-refractivity contribution < 1.29 is 14.3 Å². The number of benzene rings is 3. The monoisotopic (exact) mass is 482 g/mol. The molecular weight excluding hydrogens is 460 g/mol. The third kappa shape index (κ3) is 4.34. The van der Waals surface area contributed by atoms with Crippen LogP contribution in [-0.4, -0.2) is 29.6 Å². The Labute approximate surface area is 206 Å². The van der Waals surface area contributed by atoms with Gasteiger partial charge < -0.3 is 9.47 Å². The van der Waals surface area contributed by atoms with E-state index in [1.54, 1.807) is 18.2 Å². The molecule has 0 spiro atoms. The van der Waals surface area contributed by atoms with E-state index in [9.17, 15) is 9.59 Å². The molecule has 0 radical (unpaired) electrons. The van der Waals surface area contributed by atoms with Crippen molar-refractivity contribution in [2.75, 3.05) is 14.2 Å². The van der Waals surface area contributed by atoms with Crippen LogP contribution in [0, 0.1) is 0 Å². The molecule has 2 heterocycles. The summed E-state index contributed by atoms with van der Waals surface area (Å²) in [7, 11) is 3.05. The van der Waals surface area contributed by atoms with Gasteiger partial charge in [0.2, 0.25) is 0 Å². The molecule has 2 aromatic heterocycles. The van der Waals surface area contributed by atoms with Crippen LogP contribution in [0.25, 0.3) is 32.5 Å². The first-order chi connectivity index (χ1) is 17.1. The molecule has 0 aliphatic heterocycles. The molecule has 5 aromatic rings. The summed E-state index contributed by atoms with van der Waals surface area (Å²) in [5, 5.41) is 2.46. The van der Waals surface area contributed by atoms with Crippen molar-refractivity contribution in [3.05, 3.63) is 100 Å². The lowest BCUT2D eigenvalue weighted by Gasteiger charge is -2.10. The molecule has 0 atom stereocenters. The number of hydrogen-bond acceptors (Lipinski definition) is 6. The van der Waals surface area contributed by atoms with Gasteiger partial charge in [0.25, 0.3) is 5.56 Å². The number of carbonyl (C=O) groups excluding carboxylic acids is 1.